The molecule has 0 saturated carbocycles. The largest absolute Gasteiger partial charge is 0.368 e. The van der Waals surface area contributed by atoms with Crippen LogP contribution in [0.15, 0.2) is 18.2 Å². The Kier molecular flexibility index (Phi) is 7.20. The molecule has 1 N–H and O–H groups in total. The number of anilines is 1. The molecule has 0 heterocycles. The zero-order valence-electron chi connectivity index (χ0n) is 14.9. The fraction of sp³-hybridized carbons (Fsp3) is 0.667. The summed E-state index contributed by atoms with van der Waals surface area (Å²) in [5.74, 6) is 0. The summed E-state index contributed by atoms with van der Waals surface area (Å²) in [6.45, 7) is 14.2. The van der Waals surface area contributed by atoms with Crippen molar-refractivity contribution in [2.24, 2.45) is 0 Å². The van der Waals surface area contributed by atoms with E-state index in [0.717, 1.165) is 19.6 Å². The lowest BCUT2D eigenvalue weighted by atomic mass is 10.1. The van der Waals surface area contributed by atoms with E-state index in [1.807, 2.05) is 0 Å². The molecule has 0 fully saturated rings. The molecule has 0 bridgehead atoms. The van der Waals surface area contributed by atoms with Crippen LogP contribution in [-0.4, -0.2) is 44.2 Å². The molecule has 0 amide bonds. The standard InChI is InChI=1S/C18H33N3/c1-8-21(16(5)13-20(6)7)18-10-9-17(15(4)11-18)12-19-14(2)3/h9-11,14,16,19H,8,12-13H2,1-7H3. The molecule has 0 aliphatic carbocycles. The zero-order chi connectivity index (χ0) is 16.0. The lowest BCUT2D eigenvalue weighted by Crippen LogP contribution is -2.40. The Bertz CT molecular complexity index is 426. The predicted molar refractivity (Wildman–Crippen MR) is 94.2 cm³/mol. The van der Waals surface area contributed by atoms with Gasteiger partial charge in [-0.15, -0.1) is 0 Å². The van der Waals surface area contributed by atoms with E-state index in [1.54, 1.807) is 0 Å². The molecule has 1 atom stereocenters. The smallest absolute Gasteiger partial charge is 0.0388 e. The molecule has 3 heteroatoms. The van der Waals surface area contributed by atoms with Gasteiger partial charge in [-0.05, 0) is 58.1 Å². The van der Waals surface area contributed by atoms with Crippen LogP contribution in [0.5, 0.6) is 0 Å². The minimum Gasteiger partial charge on any atom is -0.368 e. The van der Waals surface area contributed by atoms with Crippen LogP contribution >= 0.6 is 0 Å². The summed E-state index contributed by atoms with van der Waals surface area (Å²) in [5.41, 5.74) is 4.09. The van der Waals surface area contributed by atoms with Gasteiger partial charge < -0.3 is 15.1 Å². The van der Waals surface area contributed by atoms with Crippen molar-refractivity contribution in [2.45, 2.75) is 53.2 Å². The van der Waals surface area contributed by atoms with Crippen molar-refractivity contribution in [3.63, 3.8) is 0 Å². The van der Waals surface area contributed by atoms with E-state index >= 15 is 0 Å². The monoisotopic (exact) mass is 291 g/mol. The van der Waals surface area contributed by atoms with Gasteiger partial charge in [0.05, 0.1) is 0 Å². The van der Waals surface area contributed by atoms with Gasteiger partial charge in [-0.3, -0.25) is 0 Å². The molecule has 1 unspecified atom stereocenters. The van der Waals surface area contributed by atoms with Crippen LogP contribution in [0, 0.1) is 6.92 Å². The van der Waals surface area contributed by atoms with Gasteiger partial charge >= 0.3 is 0 Å². The number of rotatable bonds is 8. The van der Waals surface area contributed by atoms with Crippen LogP contribution in [0.2, 0.25) is 0 Å². The van der Waals surface area contributed by atoms with Crippen LogP contribution in [0.25, 0.3) is 0 Å². The molecule has 0 aliphatic rings. The summed E-state index contributed by atoms with van der Waals surface area (Å²) in [6.07, 6.45) is 0. The molecular formula is C18H33N3. The van der Waals surface area contributed by atoms with Crippen molar-refractivity contribution in [3.05, 3.63) is 29.3 Å². The van der Waals surface area contributed by atoms with Gasteiger partial charge in [-0.1, -0.05) is 19.9 Å². The van der Waals surface area contributed by atoms with Crippen molar-refractivity contribution in [1.82, 2.24) is 10.2 Å². The number of likely N-dealkylation sites (N-methyl/N-ethyl adjacent to an activating group) is 2. The Morgan fingerprint density at radius 3 is 2.29 bits per heavy atom. The Morgan fingerprint density at radius 1 is 1.14 bits per heavy atom. The van der Waals surface area contributed by atoms with E-state index in [1.165, 1.54) is 16.8 Å². The quantitative estimate of drug-likeness (QED) is 0.793. The van der Waals surface area contributed by atoms with Gasteiger partial charge in [0.1, 0.15) is 0 Å². The predicted octanol–water partition coefficient (Wildman–Crippen LogP) is 3.27. The third-order valence-corrected chi connectivity index (χ3v) is 3.86. The highest BCUT2D eigenvalue weighted by Gasteiger charge is 2.14. The van der Waals surface area contributed by atoms with Gasteiger partial charge in [0.2, 0.25) is 0 Å². The minimum absolute atomic E-state index is 0.518. The molecule has 1 aromatic rings. The highest BCUT2D eigenvalue weighted by atomic mass is 15.2. The summed E-state index contributed by atoms with van der Waals surface area (Å²) in [7, 11) is 4.27. The van der Waals surface area contributed by atoms with Crippen molar-refractivity contribution >= 4 is 5.69 Å². The number of hydrogen-bond acceptors (Lipinski definition) is 3. The van der Waals surface area contributed by atoms with Crippen LogP contribution in [-0.2, 0) is 6.54 Å². The Hall–Kier alpha value is -1.06. The first-order valence-corrected chi connectivity index (χ1v) is 8.09. The average molecular weight is 291 g/mol. The Morgan fingerprint density at radius 2 is 1.81 bits per heavy atom. The van der Waals surface area contributed by atoms with Crippen molar-refractivity contribution in [3.8, 4) is 0 Å². The molecule has 120 valence electrons. The second kappa shape index (κ2) is 8.40. The Labute approximate surface area is 131 Å². The lowest BCUT2D eigenvalue weighted by Gasteiger charge is -2.32. The van der Waals surface area contributed by atoms with E-state index in [-0.39, 0.29) is 0 Å². The number of nitrogens with one attached hydrogen (secondary N) is 1. The third-order valence-electron chi connectivity index (χ3n) is 3.86. The molecule has 1 aromatic carbocycles. The van der Waals surface area contributed by atoms with E-state index in [4.69, 9.17) is 0 Å². The van der Waals surface area contributed by atoms with Gasteiger partial charge in [0.15, 0.2) is 0 Å². The maximum atomic E-state index is 3.49. The van der Waals surface area contributed by atoms with E-state index < -0.39 is 0 Å². The average Bonchev–Trinajstić information content (AvgIpc) is 2.37. The van der Waals surface area contributed by atoms with Gasteiger partial charge in [0.25, 0.3) is 0 Å². The molecule has 3 nitrogen and oxygen atoms in total. The minimum atomic E-state index is 0.518. The van der Waals surface area contributed by atoms with E-state index in [2.05, 4.69) is 82.0 Å². The van der Waals surface area contributed by atoms with Crippen LogP contribution in [0.4, 0.5) is 5.69 Å². The first kappa shape index (κ1) is 18.0. The third kappa shape index (κ3) is 5.68. The second-order valence-electron chi connectivity index (χ2n) is 6.54. The van der Waals surface area contributed by atoms with Gasteiger partial charge in [0, 0.05) is 37.4 Å². The number of hydrogen-bond donors (Lipinski definition) is 1. The summed E-state index contributed by atoms with van der Waals surface area (Å²) in [5, 5.41) is 3.49. The molecule has 0 aliphatic heterocycles. The molecule has 0 aromatic heterocycles. The normalized spacial score (nSPS) is 13.0. The van der Waals surface area contributed by atoms with E-state index in [9.17, 15) is 0 Å². The highest BCUT2D eigenvalue weighted by molar-refractivity contribution is 5.51. The fourth-order valence-electron chi connectivity index (χ4n) is 2.75. The molecule has 0 spiro atoms. The summed E-state index contributed by atoms with van der Waals surface area (Å²) >= 11 is 0. The van der Waals surface area contributed by atoms with Gasteiger partial charge in [-0.2, -0.15) is 0 Å². The SMILES string of the molecule is CCN(c1ccc(CNC(C)C)c(C)c1)C(C)CN(C)C. The number of aryl methyl sites for hydroxylation is 1. The summed E-state index contributed by atoms with van der Waals surface area (Å²) < 4.78 is 0. The maximum absolute atomic E-state index is 3.49. The number of nitrogens with zero attached hydrogens (tertiary/aromatic N) is 2. The van der Waals surface area contributed by atoms with Crippen LogP contribution < -0.4 is 10.2 Å². The molecule has 21 heavy (non-hydrogen) atoms. The van der Waals surface area contributed by atoms with E-state index in [0.29, 0.717) is 12.1 Å². The number of benzene rings is 1. The van der Waals surface area contributed by atoms with Gasteiger partial charge in [-0.25, -0.2) is 0 Å². The first-order valence-electron chi connectivity index (χ1n) is 8.09. The summed E-state index contributed by atoms with van der Waals surface area (Å²) in [4.78, 5) is 4.73. The first-order chi connectivity index (χ1) is 9.85. The Balaban J connectivity index is 2.84. The second-order valence-corrected chi connectivity index (χ2v) is 6.54. The maximum Gasteiger partial charge on any atom is 0.0388 e. The van der Waals surface area contributed by atoms with Crippen molar-refractivity contribution < 1.29 is 0 Å². The lowest BCUT2D eigenvalue weighted by molar-refractivity contribution is 0.373. The zero-order valence-corrected chi connectivity index (χ0v) is 14.9. The van der Waals surface area contributed by atoms with Crippen molar-refractivity contribution in [1.29, 1.82) is 0 Å². The van der Waals surface area contributed by atoms with Crippen LogP contribution in [0.3, 0.4) is 0 Å². The van der Waals surface area contributed by atoms with Crippen LogP contribution in [0.1, 0.15) is 38.8 Å². The van der Waals surface area contributed by atoms with Crippen molar-refractivity contribution in [2.75, 3.05) is 32.1 Å². The summed E-state index contributed by atoms with van der Waals surface area (Å²) in [6, 6.07) is 7.90. The molecule has 0 saturated heterocycles. The fourth-order valence-corrected chi connectivity index (χ4v) is 2.75. The molecular weight excluding hydrogens is 258 g/mol. The topological polar surface area (TPSA) is 18.5 Å². The molecule has 1 rings (SSSR count). The molecule has 0 radical (unpaired) electrons. The highest BCUT2D eigenvalue weighted by Crippen LogP contribution is 2.21.